The average molecular weight is 519 g/mol. The van der Waals surface area contributed by atoms with Gasteiger partial charge in [-0.1, -0.05) is 23.7 Å². The van der Waals surface area contributed by atoms with Gasteiger partial charge in [-0.05, 0) is 61.5 Å². The molecular weight excluding hydrogens is 495 g/mol. The summed E-state index contributed by atoms with van der Waals surface area (Å²) in [5.74, 6) is -1.51. The molecule has 0 N–H and O–H groups in total. The van der Waals surface area contributed by atoms with Crippen LogP contribution in [0.25, 0.3) is 11.4 Å². The van der Waals surface area contributed by atoms with Gasteiger partial charge in [-0.3, -0.25) is 4.79 Å². The molecule has 0 bridgehead atoms. The van der Waals surface area contributed by atoms with Crippen molar-refractivity contribution in [2.24, 2.45) is 0 Å². The fourth-order valence-corrected chi connectivity index (χ4v) is 6.10. The maximum atomic E-state index is 15.2. The highest BCUT2D eigenvalue weighted by atomic mass is 35.5. The molecule has 1 atom stereocenters. The zero-order valence-electron chi connectivity index (χ0n) is 19.1. The Hall–Kier alpha value is -2.89. The van der Waals surface area contributed by atoms with Crippen LogP contribution in [0.1, 0.15) is 30.9 Å². The van der Waals surface area contributed by atoms with Crippen molar-refractivity contribution >= 4 is 33.0 Å². The molecule has 0 aliphatic carbocycles. The predicted molar refractivity (Wildman–Crippen MR) is 128 cm³/mol. The van der Waals surface area contributed by atoms with Crippen LogP contribution < -0.4 is 4.90 Å². The number of sulfone groups is 1. The molecule has 5 rings (SSSR count). The highest BCUT2D eigenvalue weighted by molar-refractivity contribution is 7.91. The summed E-state index contributed by atoms with van der Waals surface area (Å²) in [7, 11) is -1.86. The summed E-state index contributed by atoms with van der Waals surface area (Å²) in [5.41, 5.74) is 0.849. The maximum Gasteiger partial charge on any atom is 0.228 e. The van der Waals surface area contributed by atoms with E-state index in [-0.39, 0.29) is 46.9 Å². The third-order valence-electron chi connectivity index (χ3n) is 6.41. The Morgan fingerprint density at radius 2 is 1.97 bits per heavy atom. The lowest BCUT2D eigenvalue weighted by Gasteiger charge is -2.28. The smallest absolute Gasteiger partial charge is 0.228 e. The van der Waals surface area contributed by atoms with Gasteiger partial charge in [0.05, 0.1) is 34.5 Å². The Labute approximate surface area is 207 Å². The molecule has 2 aliphatic heterocycles. The lowest BCUT2D eigenvalue weighted by atomic mass is 10.1. The van der Waals surface area contributed by atoms with Gasteiger partial charge in [0.15, 0.2) is 9.84 Å². The van der Waals surface area contributed by atoms with E-state index in [0.29, 0.717) is 5.02 Å². The van der Waals surface area contributed by atoms with Crippen molar-refractivity contribution in [1.29, 1.82) is 0 Å². The number of hydrogen-bond acceptors (Lipinski definition) is 7. The number of anilines is 1. The summed E-state index contributed by atoms with van der Waals surface area (Å²) in [6.07, 6.45) is 1.67. The molecular formula is C23H24ClFN6O3S. The van der Waals surface area contributed by atoms with Gasteiger partial charge in [-0.15, -0.1) is 10.2 Å². The van der Waals surface area contributed by atoms with Crippen molar-refractivity contribution in [3.63, 3.8) is 0 Å². The molecule has 2 aliphatic rings. The molecule has 3 aromatic rings. The van der Waals surface area contributed by atoms with Crippen LogP contribution in [0.5, 0.6) is 0 Å². The van der Waals surface area contributed by atoms with Crippen molar-refractivity contribution in [1.82, 2.24) is 25.1 Å². The van der Waals surface area contributed by atoms with Crippen molar-refractivity contribution in [2.45, 2.75) is 36.7 Å². The van der Waals surface area contributed by atoms with Crippen LogP contribution in [-0.2, 0) is 21.2 Å². The lowest BCUT2D eigenvalue weighted by molar-refractivity contribution is -0.118. The number of carbonyl (C=O) groups excluding carboxylic acids is 1. The zero-order valence-corrected chi connectivity index (χ0v) is 20.6. The first-order valence-corrected chi connectivity index (χ1v) is 13.3. The van der Waals surface area contributed by atoms with Crippen molar-refractivity contribution in [3.05, 3.63) is 52.8 Å². The van der Waals surface area contributed by atoms with E-state index in [9.17, 15) is 13.2 Å². The summed E-state index contributed by atoms with van der Waals surface area (Å²) < 4.78 is 41.1. The number of carbonyl (C=O) groups is 1. The van der Waals surface area contributed by atoms with Gasteiger partial charge in [-0.2, -0.15) is 4.80 Å². The predicted octanol–water partition coefficient (Wildman–Crippen LogP) is 3.11. The Morgan fingerprint density at radius 1 is 1.20 bits per heavy atom. The van der Waals surface area contributed by atoms with Crippen LogP contribution in [0.3, 0.4) is 0 Å². The molecule has 35 heavy (non-hydrogen) atoms. The SMILES string of the molecule is CN1CCCC(n2nnc(-c3cc4c(cc3F)S(=O)(=O)CCC(=O)N4Cc3ccc(Cl)cc3)n2)C1. The molecule has 0 spiro atoms. The minimum absolute atomic E-state index is 0.00910. The van der Waals surface area contributed by atoms with E-state index in [1.165, 1.54) is 15.8 Å². The Balaban J connectivity index is 1.57. The van der Waals surface area contributed by atoms with Gasteiger partial charge < -0.3 is 9.80 Å². The Morgan fingerprint density at radius 3 is 2.71 bits per heavy atom. The average Bonchev–Trinajstić information content (AvgIpc) is 3.29. The number of nitrogens with zero attached hydrogens (tertiary/aromatic N) is 6. The first-order valence-electron chi connectivity index (χ1n) is 11.3. The summed E-state index contributed by atoms with van der Waals surface area (Å²) in [6.45, 7) is 1.85. The van der Waals surface area contributed by atoms with Crippen LogP contribution in [0.15, 0.2) is 41.3 Å². The topological polar surface area (TPSA) is 101 Å². The fraction of sp³-hybridized carbons (Fsp3) is 0.391. The molecule has 2 aromatic carbocycles. The molecule has 0 saturated carbocycles. The van der Waals surface area contributed by atoms with E-state index in [4.69, 9.17) is 11.6 Å². The van der Waals surface area contributed by atoms with Gasteiger partial charge in [-0.25, -0.2) is 12.8 Å². The third kappa shape index (κ3) is 4.80. The molecule has 3 heterocycles. The van der Waals surface area contributed by atoms with Crippen molar-refractivity contribution < 1.29 is 17.6 Å². The molecule has 1 amide bonds. The van der Waals surface area contributed by atoms with Crippen LogP contribution >= 0.6 is 11.6 Å². The standard InChI is InChI=1S/C23H24ClFN6O3S/c1-29-9-2-3-17(14-29)31-27-23(26-28-31)18-11-20-21(12-19(18)25)35(33,34)10-8-22(32)30(20)13-15-4-6-16(24)7-5-15/h4-7,11-12,17H,2-3,8-10,13-14H2,1H3. The fourth-order valence-electron chi connectivity index (χ4n) is 4.54. The highest BCUT2D eigenvalue weighted by Crippen LogP contribution is 2.36. The first kappa shape index (κ1) is 23.8. The molecule has 1 aromatic heterocycles. The number of likely N-dealkylation sites (tertiary alicyclic amines) is 1. The van der Waals surface area contributed by atoms with Gasteiger partial charge in [0.25, 0.3) is 0 Å². The number of hydrogen-bond donors (Lipinski definition) is 0. The number of tetrazole rings is 1. The van der Waals surface area contributed by atoms with E-state index in [0.717, 1.165) is 37.6 Å². The minimum atomic E-state index is -3.87. The van der Waals surface area contributed by atoms with E-state index in [1.807, 2.05) is 7.05 Å². The van der Waals surface area contributed by atoms with Crippen LogP contribution in [0, 0.1) is 5.82 Å². The first-order chi connectivity index (χ1) is 16.7. The number of likely N-dealkylation sites (N-methyl/N-ethyl adjacent to an activating group) is 1. The third-order valence-corrected chi connectivity index (χ3v) is 8.40. The number of amides is 1. The highest BCUT2D eigenvalue weighted by Gasteiger charge is 2.33. The molecule has 1 unspecified atom stereocenters. The van der Waals surface area contributed by atoms with Gasteiger partial charge >= 0.3 is 0 Å². The monoisotopic (exact) mass is 518 g/mol. The number of halogens is 2. The zero-order chi connectivity index (χ0) is 24.7. The normalized spacial score (nSPS) is 20.5. The molecule has 9 nitrogen and oxygen atoms in total. The van der Waals surface area contributed by atoms with Gasteiger partial charge in [0, 0.05) is 18.0 Å². The number of benzene rings is 2. The van der Waals surface area contributed by atoms with Gasteiger partial charge in [0.2, 0.25) is 11.7 Å². The maximum absolute atomic E-state index is 15.2. The van der Waals surface area contributed by atoms with Crippen LogP contribution in [-0.4, -0.2) is 65.3 Å². The van der Waals surface area contributed by atoms with Gasteiger partial charge in [0.1, 0.15) is 5.82 Å². The molecule has 1 saturated heterocycles. The molecule has 0 radical (unpaired) electrons. The summed E-state index contributed by atoms with van der Waals surface area (Å²) in [4.78, 5) is 17.8. The van der Waals surface area contributed by atoms with E-state index in [1.54, 1.807) is 24.3 Å². The Bertz CT molecular complexity index is 1380. The van der Waals surface area contributed by atoms with E-state index in [2.05, 4.69) is 20.3 Å². The quantitative estimate of drug-likeness (QED) is 0.523. The molecule has 12 heteroatoms. The van der Waals surface area contributed by atoms with E-state index < -0.39 is 21.4 Å². The molecule has 1 fully saturated rings. The summed E-state index contributed by atoms with van der Waals surface area (Å²) >= 11 is 5.97. The minimum Gasteiger partial charge on any atom is -0.307 e. The number of rotatable bonds is 4. The number of fused-ring (bicyclic) bond motifs is 1. The largest absolute Gasteiger partial charge is 0.307 e. The second-order valence-corrected chi connectivity index (χ2v) is 11.5. The van der Waals surface area contributed by atoms with E-state index >= 15 is 4.39 Å². The lowest BCUT2D eigenvalue weighted by Crippen LogP contribution is -2.34. The van der Waals surface area contributed by atoms with Crippen LogP contribution in [0.2, 0.25) is 5.02 Å². The molecule has 184 valence electrons. The number of aromatic nitrogens is 4. The Kier molecular flexibility index (Phi) is 6.32. The number of piperidine rings is 1. The second-order valence-electron chi connectivity index (χ2n) is 8.97. The summed E-state index contributed by atoms with van der Waals surface area (Å²) in [6, 6.07) is 9.22. The van der Waals surface area contributed by atoms with Crippen LogP contribution in [0.4, 0.5) is 10.1 Å². The summed E-state index contributed by atoms with van der Waals surface area (Å²) in [5, 5.41) is 13.1. The van der Waals surface area contributed by atoms with Crippen molar-refractivity contribution in [2.75, 3.05) is 30.8 Å². The second kappa shape index (κ2) is 9.29. The van der Waals surface area contributed by atoms with Crippen molar-refractivity contribution in [3.8, 4) is 11.4 Å².